The number of aliphatic hydroxyl groups is 1. The fourth-order valence-electron chi connectivity index (χ4n) is 3.95. The molecule has 0 aromatic heterocycles. The van der Waals surface area contributed by atoms with Crippen molar-refractivity contribution < 1.29 is 33.7 Å². The Hall–Kier alpha value is -4.24. The van der Waals surface area contributed by atoms with Gasteiger partial charge in [-0.3, -0.25) is 10.1 Å². The summed E-state index contributed by atoms with van der Waals surface area (Å²) in [6.45, 7) is -0.759. The van der Waals surface area contributed by atoms with Crippen LogP contribution in [-0.4, -0.2) is 47.4 Å². The van der Waals surface area contributed by atoms with Gasteiger partial charge in [0.25, 0.3) is 5.91 Å². The number of hydrogen-bond acceptors (Lipinski definition) is 5. The van der Waals surface area contributed by atoms with Crippen LogP contribution in [0, 0.1) is 5.82 Å². The van der Waals surface area contributed by atoms with Crippen LogP contribution in [0.3, 0.4) is 0 Å². The van der Waals surface area contributed by atoms with Gasteiger partial charge in [-0.15, -0.1) is 0 Å². The van der Waals surface area contributed by atoms with Crippen LogP contribution < -0.4 is 10.6 Å². The van der Waals surface area contributed by atoms with Gasteiger partial charge >= 0.3 is 12.1 Å². The minimum absolute atomic E-state index is 0.0585. The Kier molecular flexibility index (Phi) is 6.55. The first-order valence-electron chi connectivity index (χ1n) is 10.4. The Morgan fingerprint density at radius 2 is 1.59 bits per heavy atom. The van der Waals surface area contributed by atoms with Gasteiger partial charge in [-0.1, -0.05) is 48.5 Å². The third-order valence-corrected chi connectivity index (χ3v) is 5.59. The van der Waals surface area contributed by atoms with E-state index in [-0.39, 0.29) is 18.2 Å². The van der Waals surface area contributed by atoms with Crippen LogP contribution >= 0.6 is 0 Å². The summed E-state index contributed by atoms with van der Waals surface area (Å²) in [4.78, 5) is 35.4. The number of amides is 2. The smallest absolute Gasteiger partial charge is 0.411 e. The highest BCUT2D eigenvalue weighted by Gasteiger charge is 2.29. The number of benzene rings is 3. The summed E-state index contributed by atoms with van der Waals surface area (Å²) in [5.74, 6) is -3.57. The van der Waals surface area contributed by atoms with Crippen LogP contribution in [-0.2, 0) is 9.53 Å². The van der Waals surface area contributed by atoms with E-state index < -0.39 is 42.0 Å². The average Bonchev–Trinajstić information content (AvgIpc) is 3.14. The maximum atomic E-state index is 14.4. The van der Waals surface area contributed by atoms with Crippen molar-refractivity contribution in [1.29, 1.82) is 0 Å². The van der Waals surface area contributed by atoms with Gasteiger partial charge in [-0.05, 0) is 40.5 Å². The largest absolute Gasteiger partial charge is 0.480 e. The first-order valence-corrected chi connectivity index (χ1v) is 10.4. The molecule has 4 rings (SSSR count). The molecular weight excluding hydrogens is 443 g/mol. The molecule has 4 N–H and O–H groups in total. The SMILES string of the molecule is O=C(Nc1ccc(C(=O)N[C@@H](CO)C(=O)O)c(F)c1)OCC1c2ccccc2-c2ccccc21. The molecule has 0 fully saturated rings. The number of rotatable bonds is 7. The number of aliphatic hydroxyl groups excluding tert-OH is 1. The lowest BCUT2D eigenvalue weighted by atomic mass is 9.98. The summed E-state index contributed by atoms with van der Waals surface area (Å²) >= 11 is 0. The molecule has 9 heteroatoms. The molecule has 1 atom stereocenters. The molecule has 1 aliphatic rings. The predicted molar refractivity (Wildman–Crippen MR) is 121 cm³/mol. The van der Waals surface area contributed by atoms with Crippen LogP contribution in [0.2, 0.25) is 0 Å². The van der Waals surface area contributed by atoms with E-state index in [1.54, 1.807) is 0 Å². The van der Waals surface area contributed by atoms with Gasteiger partial charge in [-0.25, -0.2) is 14.0 Å². The summed E-state index contributed by atoms with van der Waals surface area (Å²) in [5.41, 5.74) is 3.92. The highest BCUT2D eigenvalue weighted by Crippen LogP contribution is 2.44. The van der Waals surface area contributed by atoms with Crippen molar-refractivity contribution in [2.24, 2.45) is 0 Å². The monoisotopic (exact) mass is 464 g/mol. The van der Waals surface area contributed by atoms with Gasteiger partial charge in [0.1, 0.15) is 12.4 Å². The molecule has 0 heterocycles. The quantitative estimate of drug-likeness (QED) is 0.425. The van der Waals surface area contributed by atoms with Gasteiger partial charge in [-0.2, -0.15) is 0 Å². The van der Waals surface area contributed by atoms with E-state index in [4.69, 9.17) is 14.9 Å². The Balaban J connectivity index is 1.40. The van der Waals surface area contributed by atoms with E-state index in [1.807, 2.05) is 53.8 Å². The van der Waals surface area contributed by atoms with Crippen LogP contribution in [0.15, 0.2) is 66.7 Å². The molecule has 0 radical (unpaired) electrons. The molecular formula is C25H21FN2O6. The van der Waals surface area contributed by atoms with Gasteiger partial charge in [0.15, 0.2) is 6.04 Å². The van der Waals surface area contributed by atoms with E-state index in [1.165, 1.54) is 6.07 Å². The fourth-order valence-corrected chi connectivity index (χ4v) is 3.95. The Labute approximate surface area is 194 Å². The maximum Gasteiger partial charge on any atom is 0.411 e. The minimum atomic E-state index is -1.56. The van der Waals surface area contributed by atoms with Crippen molar-refractivity contribution in [3.05, 3.63) is 89.2 Å². The number of hydrogen-bond donors (Lipinski definition) is 4. The first-order chi connectivity index (χ1) is 16.4. The minimum Gasteiger partial charge on any atom is -0.480 e. The number of carboxylic acids is 1. The molecule has 0 spiro atoms. The number of anilines is 1. The highest BCUT2D eigenvalue weighted by atomic mass is 19.1. The van der Waals surface area contributed by atoms with Gasteiger partial charge in [0.05, 0.1) is 12.2 Å². The molecule has 0 unspecified atom stereocenters. The lowest BCUT2D eigenvalue weighted by Crippen LogP contribution is -2.43. The van der Waals surface area contributed by atoms with Gasteiger partial charge in [0.2, 0.25) is 0 Å². The van der Waals surface area contributed by atoms with E-state index >= 15 is 0 Å². The van der Waals surface area contributed by atoms with E-state index in [0.717, 1.165) is 34.4 Å². The fraction of sp³-hybridized carbons (Fsp3) is 0.160. The molecule has 3 aromatic rings. The third-order valence-electron chi connectivity index (χ3n) is 5.59. The Morgan fingerprint density at radius 1 is 0.971 bits per heavy atom. The molecule has 174 valence electrons. The summed E-state index contributed by atoms with van der Waals surface area (Å²) in [7, 11) is 0. The van der Waals surface area contributed by atoms with Crippen molar-refractivity contribution in [3.63, 3.8) is 0 Å². The molecule has 2 amide bonds. The van der Waals surface area contributed by atoms with Crippen LogP contribution in [0.25, 0.3) is 11.1 Å². The number of nitrogens with one attached hydrogen (secondary N) is 2. The zero-order valence-corrected chi connectivity index (χ0v) is 17.8. The Morgan fingerprint density at radius 3 is 2.15 bits per heavy atom. The van der Waals surface area contributed by atoms with Crippen LogP contribution in [0.1, 0.15) is 27.4 Å². The standard InChI is InChI=1S/C25H21FN2O6/c26-21-11-14(9-10-19(21)23(30)28-22(12-29)24(31)32)27-25(33)34-13-20-17-7-3-1-5-15(17)16-6-2-4-8-18(16)20/h1-11,20,22,29H,12-13H2,(H,27,33)(H,28,30)(H,31,32)/t22-/m0/s1. The molecule has 1 aliphatic carbocycles. The zero-order valence-electron chi connectivity index (χ0n) is 17.8. The van der Waals surface area contributed by atoms with Crippen molar-refractivity contribution >= 4 is 23.7 Å². The number of ether oxygens (including phenoxy) is 1. The number of carboxylic acid groups (broad SMARTS) is 1. The number of fused-ring (bicyclic) bond motifs is 3. The molecule has 0 saturated heterocycles. The molecule has 0 aliphatic heterocycles. The summed E-state index contributed by atoms with van der Waals surface area (Å²) < 4.78 is 19.8. The number of aliphatic carboxylic acids is 1. The van der Waals surface area contributed by atoms with E-state index in [2.05, 4.69) is 5.32 Å². The van der Waals surface area contributed by atoms with Crippen molar-refractivity contribution in [3.8, 4) is 11.1 Å². The van der Waals surface area contributed by atoms with Crippen molar-refractivity contribution in [2.45, 2.75) is 12.0 Å². The van der Waals surface area contributed by atoms with Gasteiger partial charge < -0.3 is 20.3 Å². The number of carbonyl (C=O) groups excluding carboxylic acids is 2. The topological polar surface area (TPSA) is 125 Å². The summed E-state index contributed by atoms with van der Waals surface area (Å²) in [6, 6.07) is 17.5. The first kappa shape index (κ1) is 22.9. The van der Waals surface area contributed by atoms with Crippen molar-refractivity contribution in [1.82, 2.24) is 5.32 Å². The third kappa shape index (κ3) is 4.60. The second-order valence-electron chi connectivity index (χ2n) is 7.69. The van der Waals surface area contributed by atoms with Crippen LogP contribution in [0.4, 0.5) is 14.9 Å². The summed E-state index contributed by atoms with van der Waals surface area (Å²) in [5, 5.41) is 22.3. The molecule has 8 nitrogen and oxygen atoms in total. The molecule has 34 heavy (non-hydrogen) atoms. The highest BCUT2D eigenvalue weighted by molar-refractivity contribution is 5.97. The molecule has 0 saturated carbocycles. The van der Waals surface area contributed by atoms with E-state index in [9.17, 15) is 18.8 Å². The number of halogens is 1. The maximum absolute atomic E-state index is 14.4. The lowest BCUT2D eigenvalue weighted by molar-refractivity contribution is -0.140. The second kappa shape index (κ2) is 9.72. The number of carbonyl (C=O) groups is 3. The normalized spacial score (nSPS) is 12.9. The predicted octanol–water partition coefficient (Wildman–Crippen LogP) is 3.36. The average molecular weight is 464 g/mol. The summed E-state index contributed by atoms with van der Waals surface area (Å²) in [6.07, 6.45) is -0.787. The Bertz CT molecular complexity index is 1220. The van der Waals surface area contributed by atoms with Crippen LogP contribution in [0.5, 0.6) is 0 Å². The molecule has 0 bridgehead atoms. The second-order valence-corrected chi connectivity index (χ2v) is 7.69. The van der Waals surface area contributed by atoms with Crippen molar-refractivity contribution in [2.75, 3.05) is 18.5 Å². The molecule has 3 aromatic carbocycles. The lowest BCUT2D eigenvalue weighted by Gasteiger charge is -2.15. The zero-order chi connectivity index (χ0) is 24.2. The van der Waals surface area contributed by atoms with E-state index in [0.29, 0.717) is 0 Å². The van der Waals surface area contributed by atoms with Gasteiger partial charge in [0, 0.05) is 11.6 Å².